The molecule has 4 atom stereocenters. The number of aliphatic hydroxyl groups excluding tert-OH is 2. The molecule has 12 nitrogen and oxygen atoms in total. The van der Waals surface area contributed by atoms with Crippen LogP contribution in [0.15, 0.2) is 16.2 Å². The Morgan fingerprint density at radius 2 is 2.32 bits per heavy atom. The largest absolute Gasteiger partial charge is 0.387 e. The molecule has 3 rings (SSSR count). The van der Waals surface area contributed by atoms with Gasteiger partial charge < -0.3 is 20.7 Å². The minimum atomic E-state index is -1.29. The van der Waals surface area contributed by atoms with Gasteiger partial charge in [0.15, 0.2) is 23.9 Å². The molecule has 0 bridgehead atoms. The van der Waals surface area contributed by atoms with E-state index in [1.54, 1.807) is 0 Å². The summed E-state index contributed by atoms with van der Waals surface area (Å²) >= 11 is 0. The molecule has 1 aliphatic heterocycles. The molecule has 3 heterocycles. The molecule has 2 aromatic heterocycles. The van der Waals surface area contributed by atoms with Gasteiger partial charge in [-0.1, -0.05) is 0 Å². The third-order valence-electron chi connectivity index (χ3n) is 3.39. The van der Waals surface area contributed by atoms with Crippen LogP contribution in [0.3, 0.4) is 0 Å². The van der Waals surface area contributed by atoms with E-state index >= 15 is 0 Å². The second-order valence-electron chi connectivity index (χ2n) is 4.75. The van der Waals surface area contributed by atoms with Crippen LogP contribution in [0, 0.1) is 5.53 Å². The predicted molar refractivity (Wildman–Crippen MR) is 70.6 cm³/mol. The summed E-state index contributed by atoms with van der Waals surface area (Å²) in [5.41, 5.74) is 11.7. The van der Waals surface area contributed by atoms with Gasteiger partial charge in [0.25, 0.3) is 5.56 Å². The van der Waals surface area contributed by atoms with Crippen molar-refractivity contribution < 1.29 is 14.9 Å². The van der Waals surface area contributed by atoms with Crippen molar-refractivity contribution in [2.24, 2.45) is 5.11 Å². The zero-order valence-electron chi connectivity index (χ0n) is 11.1. The van der Waals surface area contributed by atoms with Crippen molar-refractivity contribution in [2.75, 3.05) is 12.3 Å². The van der Waals surface area contributed by atoms with E-state index in [4.69, 9.17) is 16.0 Å². The van der Waals surface area contributed by atoms with Gasteiger partial charge in [-0.15, -0.1) is 0 Å². The van der Waals surface area contributed by atoms with E-state index < -0.39 is 30.1 Å². The SMILES string of the molecule is N=[N+]=NCC1OC(n2cnc3c(=O)[nH]c(N)nc32)C(O)C1O. The van der Waals surface area contributed by atoms with Crippen molar-refractivity contribution in [2.45, 2.75) is 24.5 Å². The molecule has 0 amide bonds. The van der Waals surface area contributed by atoms with Crippen LogP contribution in [0.4, 0.5) is 5.95 Å². The van der Waals surface area contributed by atoms with Crippen molar-refractivity contribution in [3.8, 4) is 0 Å². The monoisotopic (exact) mass is 309 g/mol. The number of nitrogen functional groups attached to an aromatic ring is 1. The van der Waals surface area contributed by atoms with Gasteiger partial charge in [0.2, 0.25) is 10.9 Å². The summed E-state index contributed by atoms with van der Waals surface area (Å²) in [6.07, 6.45) is -3.11. The molecule has 6 N–H and O–H groups in total. The summed E-state index contributed by atoms with van der Waals surface area (Å²) in [6, 6.07) is 0. The molecule has 12 heteroatoms. The lowest BCUT2D eigenvalue weighted by Gasteiger charge is -2.16. The number of nitrogens with zero attached hydrogens (tertiary/aromatic N) is 5. The Kier molecular flexibility index (Phi) is 3.42. The number of H-pyrrole nitrogens is 1. The topological polar surface area (TPSA) is 190 Å². The Hall–Kier alpha value is -2.66. The van der Waals surface area contributed by atoms with E-state index in [0.717, 1.165) is 0 Å². The number of aromatic nitrogens is 4. The molecule has 0 spiro atoms. The minimum Gasteiger partial charge on any atom is -0.387 e. The van der Waals surface area contributed by atoms with Gasteiger partial charge in [-0.05, 0) is 0 Å². The lowest BCUT2D eigenvalue weighted by Crippen LogP contribution is -2.32. The average molecular weight is 309 g/mol. The van der Waals surface area contributed by atoms with Crippen molar-refractivity contribution in [3.63, 3.8) is 0 Å². The number of nitrogens with one attached hydrogen (secondary N) is 2. The van der Waals surface area contributed by atoms with Gasteiger partial charge in [-0.25, -0.2) is 4.98 Å². The van der Waals surface area contributed by atoms with Gasteiger partial charge in [0.05, 0.1) is 6.33 Å². The standard InChI is InChI=1S/C10H12N8O4/c11-10-15-7-4(8(21)16-10)13-2-18(7)9-6(20)5(19)3(22-9)1-14-17-12/h2-3,5-6,9,12,19-20H,1H2,(H2-,11,15,16,21)/p+1. The molecule has 0 aromatic carbocycles. The molecular formula is C10H13N8O4+. The van der Waals surface area contributed by atoms with E-state index in [-0.39, 0.29) is 23.7 Å². The Balaban J connectivity index is 2.01. The number of nitrogens with two attached hydrogens (primary N) is 1. The molecule has 1 saturated heterocycles. The van der Waals surface area contributed by atoms with Crippen LogP contribution < -0.4 is 16.2 Å². The van der Waals surface area contributed by atoms with Crippen LogP contribution in [-0.2, 0) is 4.74 Å². The maximum Gasteiger partial charge on any atom is 0.280 e. The quantitative estimate of drug-likeness (QED) is 0.316. The van der Waals surface area contributed by atoms with E-state index in [9.17, 15) is 15.0 Å². The van der Waals surface area contributed by atoms with E-state index in [1.807, 2.05) is 0 Å². The Morgan fingerprint density at radius 3 is 3.05 bits per heavy atom. The zero-order chi connectivity index (χ0) is 15.9. The molecule has 1 aliphatic rings. The highest BCUT2D eigenvalue weighted by Crippen LogP contribution is 2.31. The number of hydrogen-bond acceptors (Lipinski definition) is 9. The van der Waals surface area contributed by atoms with Crippen LogP contribution in [0.25, 0.3) is 11.2 Å². The number of anilines is 1. The number of imidazole rings is 1. The van der Waals surface area contributed by atoms with Crippen LogP contribution in [0.2, 0.25) is 0 Å². The smallest absolute Gasteiger partial charge is 0.280 e. The Labute approximate surface area is 121 Å². The summed E-state index contributed by atoms with van der Waals surface area (Å²) < 4.78 is 6.83. The fraction of sp³-hybridized carbons (Fsp3) is 0.500. The molecular weight excluding hydrogens is 296 g/mol. The van der Waals surface area contributed by atoms with Crippen LogP contribution in [-0.4, -0.2) is 54.6 Å². The van der Waals surface area contributed by atoms with Gasteiger partial charge in [-0.2, -0.15) is 4.98 Å². The van der Waals surface area contributed by atoms with Crippen molar-refractivity contribution in [1.82, 2.24) is 24.4 Å². The first kappa shape index (κ1) is 14.3. The second kappa shape index (κ2) is 5.27. The third kappa shape index (κ3) is 2.16. The lowest BCUT2D eigenvalue weighted by atomic mass is 10.1. The first-order chi connectivity index (χ1) is 10.5. The van der Waals surface area contributed by atoms with Crippen LogP contribution >= 0.6 is 0 Å². The molecule has 22 heavy (non-hydrogen) atoms. The number of hydrogen-bond donors (Lipinski definition) is 5. The van der Waals surface area contributed by atoms with Crippen molar-refractivity contribution in [3.05, 3.63) is 16.7 Å². The highest BCUT2D eigenvalue weighted by Gasteiger charge is 2.45. The number of aliphatic hydroxyl groups is 2. The van der Waals surface area contributed by atoms with Gasteiger partial charge in [0.1, 0.15) is 29.0 Å². The first-order valence-corrected chi connectivity index (χ1v) is 6.30. The van der Waals surface area contributed by atoms with E-state index in [2.05, 4.69) is 25.0 Å². The average Bonchev–Trinajstić information content (AvgIpc) is 3.00. The first-order valence-electron chi connectivity index (χ1n) is 6.30. The molecule has 1 fully saturated rings. The van der Waals surface area contributed by atoms with Gasteiger partial charge in [-0.3, -0.25) is 14.3 Å². The molecule has 0 aliphatic carbocycles. The lowest BCUT2D eigenvalue weighted by molar-refractivity contribution is -0.0324. The normalized spacial score (nSPS) is 27.9. The Morgan fingerprint density at radius 1 is 1.55 bits per heavy atom. The highest BCUT2D eigenvalue weighted by molar-refractivity contribution is 5.70. The number of aromatic amines is 1. The second-order valence-corrected chi connectivity index (χ2v) is 4.75. The Bertz CT molecular complexity index is 809. The third-order valence-corrected chi connectivity index (χ3v) is 3.39. The molecule has 2 aromatic rings. The van der Waals surface area contributed by atoms with E-state index in [1.165, 1.54) is 10.9 Å². The fourth-order valence-corrected chi connectivity index (χ4v) is 2.36. The fourth-order valence-electron chi connectivity index (χ4n) is 2.36. The van der Waals surface area contributed by atoms with Crippen LogP contribution in [0.5, 0.6) is 0 Å². The zero-order valence-corrected chi connectivity index (χ0v) is 11.1. The molecule has 0 radical (unpaired) electrons. The number of fused-ring (bicyclic) bond motifs is 1. The molecule has 0 saturated carbocycles. The van der Waals surface area contributed by atoms with Crippen molar-refractivity contribution >= 4 is 17.1 Å². The summed E-state index contributed by atoms with van der Waals surface area (Å²) in [5.74, 6) is -0.105. The van der Waals surface area contributed by atoms with E-state index in [0.29, 0.717) is 0 Å². The maximum absolute atomic E-state index is 11.7. The van der Waals surface area contributed by atoms with Crippen LogP contribution in [0.1, 0.15) is 6.23 Å². The summed E-state index contributed by atoms with van der Waals surface area (Å²) in [5, 5.41) is 23.5. The van der Waals surface area contributed by atoms with Crippen molar-refractivity contribution in [1.29, 1.82) is 5.53 Å². The van der Waals surface area contributed by atoms with Gasteiger partial charge in [0, 0.05) is 0 Å². The minimum absolute atomic E-state index is 0.0359. The molecule has 4 unspecified atom stereocenters. The number of rotatable bonds is 3. The maximum atomic E-state index is 11.7. The summed E-state index contributed by atoms with van der Waals surface area (Å²) in [6.45, 7) is -0.0823. The predicted octanol–water partition coefficient (Wildman–Crippen LogP) is -2.13. The highest BCUT2D eigenvalue weighted by atomic mass is 16.6. The molecule has 116 valence electrons. The number of ether oxygens (including phenoxy) is 1. The van der Waals surface area contributed by atoms with Gasteiger partial charge >= 0.3 is 0 Å². The summed E-state index contributed by atoms with van der Waals surface area (Å²) in [7, 11) is 0. The summed E-state index contributed by atoms with van der Waals surface area (Å²) in [4.78, 5) is 24.7.